The lowest BCUT2D eigenvalue weighted by Crippen LogP contribution is -2.42. The van der Waals surface area contributed by atoms with Gasteiger partial charge in [0.2, 0.25) is 5.91 Å². The van der Waals surface area contributed by atoms with Gasteiger partial charge in [-0.25, -0.2) is 4.79 Å². The molecule has 0 radical (unpaired) electrons. The van der Waals surface area contributed by atoms with E-state index in [0.29, 0.717) is 11.6 Å². The van der Waals surface area contributed by atoms with Gasteiger partial charge < -0.3 is 15.1 Å². The van der Waals surface area contributed by atoms with Crippen molar-refractivity contribution in [3.8, 4) is 0 Å². The van der Waals surface area contributed by atoms with E-state index in [1.54, 1.807) is 11.0 Å². The molecule has 1 heterocycles. The molecule has 6 nitrogen and oxygen atoms in total. The first-order chi connectivity index (χ1) is 18.1. The van der Waals surface area contributed by atoms with Crippen molar-refractivity contribution in [1.29, 1.82) is 0 Å². The molecule has 0 unspecified atom stereocenters. The van der Waals surface area contributed by atoms with Gasteiger partial charge >= 0.3 is 18.1 Å². The average Bonchev–Trinajstić information content (AvgIpc) is 2.93. The molecule has 0 bridgehead atoms. The monoisotopic (exact) mass is 581 g/mol. The highest BCUT2D eigenvalue weighted by Crippen LogP contribution is 2.49. The second-order valence-corrected chi connectivity index (χ2v) is 11.9. The summed E-state index contributed by atoms with van der Waals surface area (Å²) >= 11 is 7.84. The predicted molar refractivity (Wildman–Crippen MR) is 146 cm³/mol. The Morgan fingerprint density at radius 3 is 2.18 bits per heavy atom. The molecule has 1 amide bonds. The minimum Gasteiger partial charge on any atom is -0.481 e. The molecule has 2 N–H and O–H groups in total. The number of alkyl halides is 3. The van der Waals surface area contributed by atoms with Gasteiger partial charge in [-0.3, -0.25) is 9.59 Å². The third-order valence-corrected chi connectivity index (χ3v) is 7.46. The predicted octanol–water partition coefficient (Wildman–Crippen LogP) is 7.19. The molecule has 208 valence electrons. The molecule has 1 aliphatic heterocycles. The first-order valence-corrected chi connectivity index (χ1v) is 13.2. The average molecular weight is 582 g/mol. The number of carboxylic acids is 2. The lowest BCUT2D eigenvalue weighted by atomic mass is 9.93. The first kappa shape index (κ1) is 30.3. The highest BCUT2D eigenvalue weighted by Gasteiger charge is 2.39. The third kappa shape index (κ3) is 7.67. The molecule has 4 rings (SSSR count). The summed E-state index contributed by atoms with van der Waals surface area (Å²) in [5.74, 6) is -3.90. The maximum Gasteiger partial charge on any atom is 0.490 e. The van der Waals surface area contributed by atoms with Crippen LogP contribution >= 0.6 is 23.4 Å². The number of hydrogen-bond acceptors (Lipinski definition) is 4. The molecular formula is C28H27ClF3NO5S. The van der Waals surface area contributed by atoms with E-state index < -0.39 is 23.4 Å². The number of nitrogens with zero attached hydrogens (tertiary/aromatic N) is 1. The Labute approximate surface area is 232 Å². The zero-order valence-electron chi connectivity index (χ0n) is 21.3. The van der Waals surface area contributed by atoms with Crippen LogP contribution in [0.15, 0.2) is 60.7 Å². The van der Waals surface area contributed by atoms with Gasteiger partial charge in [0, 0.05) is 17.3 Å². The number of halogens is 4. The van der Waals surface area contributed by atoms with Crippen LogP contribution in [0.2, 0.25) is 5.02 Å². The number of thioether (sulfide) groups is 1. The van der Waals surface area contributed by atoms with Crippen molar-refractivity contribution in [1.82, 2.24) is 0 Å². The summed E-state index contributed by atoms with van der Waals surface area (Å²) in [6, 6.07) is 19.9. The number of carboxylic acid groups (broad SMARTS) is 2. The van der Waals surface area contributed by atoms with E-state index in [2.05, 4.69) is 45.0 Å². The topological polar surface area (TPSA) is 94.9 Å². The lowest BCUT2D eigenvalue weighted by Gasteiger charge is -2.31. The SMILES string of the molecule is CC(C)(C)CN1C(=O)[C@@H](CC(=O)O)S[C@H](c2cccc3ccccc23)c2cc(Cl)ccc21.O=C(O)C(F)(F)F. The van der Waals surface area contributed by atoms with Crippen LogP contribution < -0.4 is 4.90 Å². The van der Waals surface area contributed by atoms with Crippen molar-refractivity contribution in [2.24, 2.45) is 5.41 Å². The quantitative estimate of drug-likeness (QED) is 0.339. The van der Waals surface area contributed by atoms with Gasteiger partial charge in [0.25, 0.3) is 0 Å². The Balaban J connectivity index is 0.000000532. The van der Waals surface area contributed by atoms with Crippen LogP contribution in [0.1, 0.15) is 43.6 Å². The molecule has 11 heteroatoms. The Kier molecular flexibility index (Phi) is 9.23. The second kappa shape index (κ2) is 11.9. The Hall–Kier alpha value is -3.24. The summed E-state index contributed by atoms with van der Waals surface area (Å²) in [5, 5.41) is 18.6. The highest BCUT2D eigenvalue weighted by atomic mass is 35.5. The number of hydrogen-bond donors (Lipinski definition) is 2. The van der Waals surface area contributed by atoms with Crippen LogP contribution in [0.5, 0.6) is 0 Å². The normalized spacial score (nSPS) is 17.6. The van der Waals surface area contributed by atoms with Gasteiger partial charge in [0.1, 0.15) is 0 Å². The second-order valence-electron chi connectivity index (χ2n) is 10.2. The van der Waals surface area contributed by atoms with Crippen molar-refractivity contribution in [3.63, 3.8) is 0 Å². The van der Waals surface area contributed by atoms with E-state index in [0.717, 1.165) is 27.6 Å². The van der Waals surface area contributed by atoms with Crippen LogP contribution in [0.4, 0.5) is 18.9 Å². The Bertz CT molecular complexity index is 1380. The third-order valence-electron chi connectivity index (χ3n) is 5.75. The molecule has 0 fully saturated rings. The maximum absolute atomic E-state index is 13.7. The minimum atomic E-state index is -5.08. The summed E-state index contributed by atoms with van der Waals surface area (Å²) < 4.78 is 31.7. The number of rotatable bonds is 4. The van der Waals surface area contributed by atoms with E-state index in [1.165, 1.54) is 11.8 Å². The summed E-state index contributed by atoms with van der Waals surface area (Å²) in [5.41, 5.74) is 2.62. The zero-order valence-corrected chi connectivity index (χ0v) is 22.9. The summed E-state index contributed by atoms with van der Waals surface area (Å²) in [6.07, 6.45) is -5.31. The largest absolute Gasteiger partial charge is 0.490 e. The molecule has 2 atom stereocenters. The van der Waals surface area contributed by atoms with E-state index in [4.69, 9.17) is 21.5 Å². The molecule has 39 heavy (non-hydrogen) atoms. The highest BCUT2D eigenvalue weighted by molar-refractivity contribution is 8.01. The Morgan fingerprint density at radius 2 is 1.59 bits per heavy atom. The van der Waals surface area contributed by atoms with Gasteiger partial charge in [-0.2, -0.15) is 13.2 Å². The number of carbonyl (C=O) groups is 3. The molecule has 0 aromatic heterocycles. The summed E-state index contributed by atoms with van der Waals surface area (Å²) in [6.45, 7) is 6.70. The van der Waals surface area contributed by atoms with Crippen LogP contribution in [-0.2, 0) is 14.4 Å². The van der Waals surface area contributed by atoms with Gasteiger partial charge in [0.05, 0.1) is 16.9 Å². The van der Waals surface area contributed by atoms with Crippen molar-refractivity contribution < 1.29 is 37.8 Å². The molecule has 0 aliphatic carbocycles. The summed E-state index contributed by atoms with van der Waals surface area (Å²) in [7, 11) is 0. The standard InChI is InChI=1S/C26H26ClNO3S.C2HF3O2/c1-26(2,3)15-28-21-12-11-17(27)13-20(21)24(32-22(25(28)31)14-23(29)30)19-10-6-8-16-7-4-5-9-18(16)19;3-2(4,5)1(6)7/h4-13,22,24H,14-15H2,1-3H3,(H,29,30);(H,6,7)/t22-,24-;/m1./s1. The van der Waals surface area contributed by atoms with Gasteiger partial charge in [-0.15, -0.1) is 11.8 Å². The van der Waals surface area contributed by atoms with Crippen molar-refractivity contribution in [3.05, 3.63) is 76.8 Å². The zero-order chi connectivity index (χ0) is 29.1. The fraction of sp³-hybridized carbons (Fsp3) is 0.321. The number of benzene rings is 3. The fourth-order valence-electron chi connectivity index (χ4n) is 4.22. The van der Waals surface area contributed by atoms with Gasteiger partial charge in [0.15, 0.2) is 0 Å². The molecule has 0 spiro atoms. The summed E-state index contributed by atoms with van der Waals surface area (Å²) in [4.78, 5) is 36.0. The minimum absolute atomic E-state index is 0.162. The lowest BCUT2D eigenvalue weighted by molar-refractivity contribution is -0.192. The Morgan fingerprint density at radius 1 is 0.974 bits per heavy atom. The molecule has 1 aliphatic rings. The smallest absolute Gasteiger partial charge is 0.481 e. The molecular weight excluding hydrogens is 555 g/mol. The van der Waals surface area contributed by atoms with Gasteiger partial charge in [-0.05, 0) is 45.5 Å². The molecule has 3 aromatic rings. The van der Waals surface area contributed by atoms with E-state index in [-0.39, 0.29) is 23.0 Å². The van der Waals surface area contributed by atoms with E-state index in [9.17, 15) is 27.9 Å². The molecule has 0 saturated carbocycles. The van der Waals surface area contributed by atoms with Crippen LogP contribution in [-0.4, -0.2) is 46.0 Å². The number of anilines is 1. The van der Waals surface area contributed by atoms with Crippen molar-refractivity contribution in [2.75, 3.05) is 11.4 Å². The van der Waals surface area contributed by atoms with Crippen molar-refractivity contribution >= 4 is 57.7 Å². The fourth-order valence-corrected chi connectivity index (χ4v) is 5.90. The maximum atomic E-state index is 13.7. The number of aliphatic carboxylic acids is 2. The van der Waals surface area contributed by atoms with Crippen LogP contribution in [0.3, 0.4) is 0 Å². The number of amides is 1. The first-order valence-electron chi connectivity index (χ1n) is 11.8. The van der Waals surface area contributed by atoms with Crippen molar-refractivity contribution in [2.45, 2.75) is 43.9 Å². The number of carbonyl (C=O) groups excluding carboxylic acids is 1. The molecule has 3 aromatic carbocycles. The van der Waals surface area contributed by atoms with Crippen LogP contribution in [0, 0.1) is 5.41 Å². The van der Waals surface area contributed by atoms with Crippen LogP contribution in [0.25, 0.3) is 10.8 Å². The van der Waals surface area contributed by atoms with E-state index >= 15 is 0 Å². The van der Waals surface area contributed by atoms with Gasteiger partial charge in [-0.1, -0.05) is 74.8 Å². The number of fused-ring (bicyclic) bond motifs is 2. The van der Waals surface area contributed by atoms with E-state index in [1.807, 2.05) is 30.3 Å². The molecule has 0 saturated heterocycles.